The molecule has 8 nitrogen and oxygen atoms in total. The molecule has 0 spiro atoms. The Hall–Kier alpha value is -3.05. The zero-order valence-corrected chi connectivity index (χ0v) is 18.0. The van der Waals surface area contributed by atoms with Gasteiger partial charge in [-0.15, -0.1) is 10.2 Å². The number of hydrogen-bond acceptors (Lipinski definition) is 7. The summed E-state index contributed by atoms with van der Waals surface area (Å²) in [5, 5.41) is 11.4. The van der Waals surface area contributed by atoms with Crippen LogP contribution in [0.2, 0.25) is 0 Å². The first-order chi connectivity index (χ1) is 14.2. The minimum absolute atomic E-state index is 0.0522. The second kappa shape index (κ2) is 8.76. The predicted octanol–water partition coefficient (Wildman–Crippen LogP) is 3.15. The summed E-state index contributed by atoms with van der Waals surface area (Å²) in [6, 6.07) is 11.1. The zero-order valence-electron chi connectivity index (χ0n) is 16.4. The third-order valence-electron chi connectivity index (χ3n) is 4.14. The Kier molecular flexibility index (Phi) is 6.32. The Labute approximate surface area is 177 Å². The number of aromatic nitrogens is 2. The van der Waals surface area contributed by atoms with Gasteiger partial charge in [-0.3, -0.25) is 14.4 Å². The number of ether oxygens (including phenoxy) is 1. The molecule has 0 aliphatic rings. The summed E-state index contributed by atoms with van der Waals surface area (Å²) in [4.78, 5) is 12.7. The van der Waals surface area contributed by atoms with Crippen LogP contribution in [0.3, 0.4) is 0 Å². The van der Waals surface area contributed by atoms with E-state index in [1.54, 1.807) is 19.2 Å². The lowest BCUT2D eigenvalue weighted by Gasteiger charge is -2.27. The van der Waals surface area contributed by atoms with Gasteiger partial charge in [-0.2, -0.15) is 0 Å². The number of hydrogen-bond donors (Lipinski definition) is 1. The van der Waals surface area contributed by atoms with Crippen molar-refractivity contribution in [2.24, 2.45) is 0 Å². The first kappa shape index (κ1) is 21.7. The SMILES string of the molecule is COc1ccc(-c2nnc(NC(=O)C(C)N(c3cccc(F)c3)S(C)(=O)=O)s2)cc1. The highest BCUT2D eigenvalue weighted by molar-refractivity contribution is 7.92. The molecule has 1 atom stereocenters. The van der Waals surface area contributed by atoms with E-state index in [4.69, 9.17) is 4.74 Å². The molecule has 0 saturated heterocycles. The van der Waals surface area contributed by atoms with Crippen LogP contribution in [-0.2, 0) is 14.8 Å². The maximum atomic E-state index is 13.6. The molecule has 1 aromatic heterocycles. The van der Waals surface area contributed by atoms with Crippen molar-refractivity contribution in [1.82, 2.24) is 10.2 Å². The van der Waals surface area contributed by atoms with Gasteiger partial charge >= 0.3 is 0 Å². The van der Waals surface area contributed by atoms with Crippen LogP contribution in [0, 0.1) is 5.82 Å². The average molecular weight is 451 g/mol. The fourth-order valence-electron chi connectivity index (χ4n) is 2.76. The number of anilines is 2. The second-order valence-corrected chi connectivity index (χ2v) is 9.18. The van der Waals surface area contributed by atoms with Crippen LogP contribution in [0.4, 0.5) is 15.2 Å². The lowest BCUT2D eigenvalue weighted by Crippen LogP contribution is -2.45. The molecule has 0 bridgehead atoms. The van der Waals surface area contributed by atoms with Crippen molar-refractivity contribution in [3.8, 4) is 16.3 Å². The Morgan fingerprint density at radius 1 is 1.20 bits per heavy atom. The summed E-state index contributed by atoms with van der Waals surface area (Å²) < 4.78 is 44.1. The number of sulfonamides is 1. The number of carbonyl (C=O) groups is 1. The minimum atomic E-state index is -3.85. The van der Waals surface area contributed by atoms with Gasteiger partial charge in [-0.1, -0.05) is 17.4 Å². The Morgan fingerprint density at radius 3 is 2.50 bits per heavy atom. The molecule has 1 unspecified atom stereocenters. The molecule has 11 heteroatoms. The van der Waals surface area contributed by atoms with E-state index in [2.05, 4.69) is 15.5 Å². The molecule has 3 rings (SSSR count). The number of halogens is 1. The van der Waals surface area contributed by atoms with Crippen LogP contribution in [0.15, 0.2) is 48.5 Å². The number of amides is 1. The molecule has 0 aliphatic heterocycles. The van der Waals surface area contributed by atoms with Crippen LogP contribution in [0.5, 0.6) is 5.75 Å². The van der Waals surface area contributed by atoms with Crippen LogP contribution in [0.1, 0.15) is 6.92 Å². The molecule has 0 radical (unpaired) electrons. The summed E-state index contributed by atoms with van der Waals surface area (Å²) in [5.74, 6) is -0.534. The van der Waals surface area contributed by atoms with E-state index in [1.807, 2.05) is 12.1 Å². The molecule has 30 heavy (non-hydrogen) atoms. The maximum absolute atomic E-state index is 13.6. The van der Waals surface area contributed by atoms with Crippen molar-refractivity contribution >= 4 is 38.1 Å². The second-order valence-electron chi connectivity index (χ2n) is 6.34. The Balaban J connectivity index is 1.79. The highest BCUT2D eigenvalue weighted by Gasteiger charge is 2.30. The maximum Gasteiger partial charge on any atom is 0.249 e. The number of nitrogens with zero attached hydrogens (tertiary/aromatic N) is 3. The fraction of sp³-hybridized carbons (Fsp3) is 0.211. The van der Waals surface area contributed by atoms with Crippen LogP contribution in [-0.4, -0.2) is 43.9 Å². The van der Waals surface area contributed by atoms with Crippen molar-refractivity contribution in [1.29, 1.82) is 0 Å². The highest BCUT2D eigenvalue weighted by Crippen LogP contribution is 2.28. The van der Waals surface area contributed by atoms with Crippen molar-refractivity contribution in [3.05, 3.63) is 54.3 Å². The highest BCUT2D eigenvalue weighted by atomic mass is 32.2. The van der Waals surface area contributed by atoms with Gasteiger partial charge in [0.15, 0.2) is 0 Å². The van der Waals surface area contributed by atoms with E-state index in [9.17, 15) is 17.6 Å². The van der Waals surface area contributed by atoms with Crippen molar-refractivity contribution in [2.45, 2.75) is 13.0 Å². The van der Waals surface area contributed by atoms with Gasteiger partial charge in [0.05, 0.1) is 19.1 Å². The average Bonchev–Trinajstić information content (AvgIpc) is 3.15. The predicted molar refractivity (Wildman–Crippen MR) is 114 cm³/mol. The molecular weight excluding hydrogens is 431 g/mol. The lowest BCUT2D eigenvalue weighted by molar-refractivity contribution is -0.116. The molecule has 0 aliphatic carbocycles. The first-order valence-corrected chi connectivity index (χ1v) is 11.4. The third kappa shape index (κ3) is 4.92. The molecule has 3 aromatic rings. The Morgan fingerprint density at radius 2 is 1.90 bits per heavy atom. The van der Waals surface area contributed by atoms with Crippen LogP contribution < -0.4 is 14.4 Å². The summed E-state index contributed by atoms with van der Waals surface area (Å²) in [7, 11) is -2.29. The number of rotatable bonds is 7. The van der Waals surface area contributed by atoms with Gasteiger partial charge < -0.3 is 4.74 Å². The van der Waals surface area contributed by atoms with Crippen LogP contribution in [0.25, 0.3) is 10.6 Å². The number of benzene rings is 2. The molecule has 1 amide bonds. The molecular formula is C19H19FN4O4S2. The lowest BCUT2D eigenvalue weighted by atomic mass is 10.2. The van der Waals surface area contributed by atoms with Gasteiger partial charge in [0.25, 0.3) is 0 Å². The summed E-state index contributed by atoms with van der Waals surface area (Å²) in [6.07, 6.45) is 0.953. The fourth-order valence-corrected chi connectivity index (χ4v) is 4.67. The van der Waals surface area contributed by atoms with Gasteiger partial charge in [-0.25, -0.2) is 12.8 Å². The van der Waals surface area contributed by atoms with Gasteiger partial charge in [0.2, 0.25) is 21.1 Å². The van der Waals surface area contributed by atoms with E-state index in [0.717, 1.165) is 33.5 Å². The van der Waals surface area contributed by atoms with Gasteiger partial charge in [0, 0.05) is 5.56 Å². The molecule has 0 saturated carbocycles. The number of methoxy groups -OCH3 is 1. The Bertz CT molecular complexity index is 1150. The molecule has 1 heterocycles. The molecule has 2 aromatic carbocycles. The number of carbonyl (C=O) groups excluding carboxylic acids is 1. The smallest absolute Gasteiger partial charge is 0.249 e. The van der Waals surface area contributed by atoms with Crippen LogP contribution >= 0.6 is 11.3 Å². The van der Waals surface area contributed by atoms with E-state index >= 15 is 0 Å². The van der Waals surface area contributed by atoms with Gasteiger partial charge in [0.1, 0.15) is 22.6 Å². The summed E-state index contributed by atoms with van der Waals surface area (Å²) >= 11 is 1.14. The monoisotopic (exact) mass is 450 g/mol. The molecule has 0 fully saturated rings. The summed E-state index contributed by atoms with van der Waals surface area (Å²) in [6.45, 7) is 1.41. The van der Waals surface area contributed by atoms with E-state index < -0.39 is 27.8 Å². The van der Waals surface area contributed by atoms with Crippen molar-refractivity contribution in [2.75, 3.05) is 23.0 Å². The first-order valence-electron chi connectivity index (χ1n) is 8.73. The molecule has 158 valence electrons. The number of nitrogens with one attached hydrogen (secondary N) is 1. The van der Waals surface area contributed by atoms with E-state index in [0.29, 0.717) is 10.8 Å². The normalized spacial score (nSPS) is 12.3. The van der Waals surface area contributed by atoms with Crippen molar-refractivity contribution < 1.29 is 22.3 Å². The topological polar surface area (TPSA) is 101 Å². The standard InChI is InChI=1S/C19H19FN4O4S2/c1-12(24(30(3,26)27)15-6-4-5-14(20)11-15)17(25)21-19-23-22-18(29-19)13-7-9-16(28-2)10-8-13/h4-12H,1-3H3,(H,21,23,25). The zero-order chi connectivity index (χ0) is 21.9. The van der Waals surface area contributed by atoms with Gasteiger partial charge in [-0.05, 0) is 49.4 Å². The minimum Gasteiger partial charge on any atom is -0.497 e. The quantitative estimate of drug-likeness (QED) is 0.593. The molecule has 1 N–H and O–H groups in total. The van der Waals surface area contributed by atoms with E-state index in [-0.39, 0.29) is 10.8 Å². The summed E-state index contributed by atoms with van der Waals surface area (Å²) in [5.41, 5.74) is 0.843. The van der Waals surface area contributed by atoms with E-state index in [1.165, 1.54) is 25.1 Å². The third-order valence-corrected chi connectivity index (χ3v) is 6.27. The largest absolute Gasteiger partial charge is 0.497 e. The van der Waals surface area contributed by atoms with Crippen molar-refractivity contribution in [3.63, 3.8) is 0 Å².